The number of nitrogens with zero attached hydrogens (tertiary/aromatic N) is 2. The van der Waals surface area contributed by atoms with Gasteiger partial charge in [-0.05, 0) is 47.1 Å². The van der Waals surface area contributed by atoms with E-state index in [4.69, 9.17) is 9.15 Å². The lowest BCUT2D eigenvalue weighted by Gasteiger charge is -2.33. The molecular weight excluding hydrogens is 444 g/mol. The maximum Gasteiger partial charge on any atom is 0.374 e. The van der Waals surface area contributed by atoms with Gasteiger partial charge in [0.2, 0.25) is 10.9 Å². The SMILES string of the molecule is CCOC(=O)c1ccc(S(=O)(=O)N2CCN(Cc3ccc(Br)s3)CC2)o1. The van der Waals surface area contributed by atoms with E-state index in [9.17, 15) is 13.2 Å². The van der Waals surface area contributed by atoms with Gasteiger partial charge in [-0.3, -0.25) is 4.90 Å². The molecule has 0 atom stereocenters. The molecule has 0 aliphatic carbocycles. The van der Waals surface area contributed by atoms with Gasteiger partial charge in [0.1, 0.15) is 0 Å². The Bertz CT molecular complexity index is 869. The number of carbonyl (C=O) groups is 1. The summed E-state index contributed by atoms with van der Waals surface area (Å²) in [6, 6.07) is 6.71. The van der Waals surface area contributed by atoms with Crippen molar-refractivity contribution < 1.29 is 22.4 Å². The predicted molar refractivity (Wildman–Crippen MR) is 101 cm³/mol. The molecule has 0 saturated carbocycles. The average Bonchev–Trinajstić information content (AvgIpc) is 3.25. The van der Waals surface area contributed by atoms with Gasteiger partial charge in [0, 0.05) is 37.6 Å². The minimum Gasteiger partial charge on any atom is -0.460 e. The molecule has 0 N–H and O–H groups in total. The topological polar surface area (TPSA) is 80.1 Å². The van der Waals surface area contributed by atoms with Crippen LogP contribution < -0.4 is 0 Å². The van der Waals surface area contributed by atoms with E-state index in [1.54, 1.807) is 18.3 Å². The number of carbonyl (C=O) groups excluding carboxylic acids is 1. The van der Waals surface area contributed by atoms with Crippen LogP contribution in [0.25, 0.3) is 0 Å². The second-order valence-electron chi connectivity index (χ2n) is 5.73. The average molecular weight is 463 g/mol. The molecule has 0 aromatic carbocycles. The molecule has 142 valence electrons. The zero-order chi connectivity index (χ0) is 18.7. The highest BCUT2D eigenvalue weighted by molar-refractivity contribution is 9.11. The first-order valence-corrected chi connectivity index (χ1v) is 11.2. The number of rotatable bonds is 6. The largest absolute Gasteiger partial charge is 0.460 e. The van der Waals surface area contributed by atoms with E-state index in [1.807, 2.05) is 6.07 Å². The number of hydrogen-bond acceptors (Lipinski definition) is 7. The third kappa shape index (κ3) is 4.37. The molecule has 0 unspecified atom stereocenters. The van der Waals surface area contributed by atoms with Crippen LogP contribution in [-0.4, -0.2) is 56.4 Å². The summed E-state index contributed by atoms with van der Waals surface area (Å²) in [5.74, 6) is -0.770. The van der Waals surface area contributed by atoms with E-state index in [-0.39, 0.29) is 17.5 Å². The van der Waals surface area contributed by atoms with Crippen LogP contribution >= 0.6 is 27.3 Å². The molecule has 1 aliphatic rings. The maximum absolute atomic E-state index is 12.7. The summed E-state index contributed by atoms with van der Waals surface area (Å²) >= 11 is 5.13. The third-order valence-corrected chi connectivity index (χ3v) is 7.37. The predicted octanol–water partition coefficient (Wildman–Crippen LogP) is 2.79. The number of furan rings is 1. The van der Waals surface area contributed by atoms with Gasteiger partial charge in [-0.15, -0.1) is 11.3 Å². The zero-order valence-electron chi connectivity index (χ0n) is 14.2. The van der Waals surface area contributed by atoms with E-state index in [1.165, 1.54) is 21.3 Å². The molecule has 1 fully saturated rings. The molecule has 0 amide bonds. The fraction of sp³-hybridized carbons (Fsp3) is 0.438. The van der Waals surface area contributed by atoms with Crippen LogP contribution in [0.5, 0.6) is 0 Å². The molecule has 0 bridgehead atoms. The monoisotopic (exact) mass is 462 g/mol. The van der Waals surface area contributed by atoms with Crippen LogP contribution in [0.2, 0.25) is 0 Å². The smallest absolute Gasteiger partial charge is 0.374 e. The van der Waals surface area contributed by atoms with Crippen LogP contribution in [0, 0.1) is 0 Å². The van der Waals surface area contributed by atoms with E-state index >= 15 is 0 Å². The highest BCUT2D eigenvalue weighted by atomic mass is 79.9. The van der Waals surface area contributed by atoms with E-state index in [2.05, 4.69) is 26.9 Å². The first-order chi connectivity index (χ1) is 12.4. The Balaban J connectivity index is 1.61. The van der Waals surface area contributed by atoms with Gasteiger partial charge in [-0.25, -0.2) is 13.2 Å². The van der Waals surface area contributed by atoms with Gasteiger partial charge in [-0.2, -0.15) is 4.31 Å². The summed E-state index contributed by atoms with van der Waals surface area (Å²) in [5.41, 5.74) is 0. The first-order valence-electron chi connectivity index (χ1n) is 8.14. The number of esters is 1. The molecule has 0 spiro atoms. The molecule has 0 radical (unpaired) electrons. The molecule has 7 nitrogen and oxygen atoms in total. The lowest BCUT2D eigenvalue weighted by atomic mass is 10.3. The Kier molecular flexibility index (Phi) is 6.18. The summed E-state index contributed by atoms with van der Waals surface area (Å²) in [6.45, 7) is 4.71. The number of halogens is 1. The second kappa shape index (κ2) is 8.22. The summed E-state index contributed by atoms with van der Waals surface area (Å²) in [5, 5.41) is -0.226. The zero-order valence-corrected chi connectivity index (χ0v) is 17.4. The Morgan fingerprint density at radius 1 is 1.23 bits per heavy atom. The van der Waals surface area contributed by atoms with Crippen LogP contribution in [0.1, 0.15) is 22.4 Å². The Labute approximate surface area is 164 Å². The van der Waals surface area contributed by atoms with Crippen LogP contribution in [0.3, 0.4) is 0 Å². The van der Waals surface area contributed by atoms with E-state index < -0.39 is 16.0 Å². The number of ether oxygens (including phenoxy) is 1. The summed E-state index contributed by atoms with van der Waals surface area (Å²) in [7, 11) is -3.75. The quantitative estimate of drug-likeness (QED) is 0.613. The van der Waals surface area contributed by atoms with Gasteiger partial charge in [0.25, 0.3) is 10.0 Å². The van der Waals surface area contributed by atoms with Crippen molar-refractivity contribution in [1.29, 1.82) is 0 Å². The molecule has 10 heteroatoms. The van der Waals surface area contributed by atoms with Crippen molar-refractivity contribution in [3.63, 3.8) is 0 Å². The highest BCUT2D eigenvalue weighted by Crippen LogP contribution is 2.25. The summed E-state index contributed by atoms with van der Waals surface area (Å²) in [4.78, 5) is 15.1. The van der Waals surface area contributed by atoms with E-state index in [0.717, 1.165) is 10.3 Å². The normalized spacial score (nSPS) is 16.7. The van der Waals surface area contributed by atoms with Gasteiger partial charge < -0.3 is 9.15 Å². The highest BCUT2D eigenvalue weighted by Gasteiger charge is 2.31. The van der Waals surface area contributed by atoms with Gasteiger partial charge >= 0.3 is 5.97 Å². The van der Waals surface area contributed by atoms with Crippen LogP contribution in [-0.2, 0) is 21.3 Å². The number of piperazine rings is 1. The number of hydrogen-bond donors (Lipinski definition) is 0. The van der Waals surface area contributed by atoms with Crippen molar-refractivity contribution in [3.8, 4) is 0 Å². The maximum atomic E-state index is 12.7. The number of sulfonamides is 1. The third-order valence-electron chi connectivity index (χ3n) is 3.99. The van der Waals surface area contributed by atoms with Gasteiger partial charge in [0.15, 0.2) is 0 Å². The molecule has 1 saturated heterocycles. The summed E-state index contributed by atoms with van der Waals surface area (Å²) in [6.07, 6.45) is 0. The molecule has 26 heavy (non-hydrogen) atoms. The minimum absolute atomic E-state index is 0.104. The van der Waals surface area contributed by atoms with Crippen molar-refractivity contribution in [2.24, 2.45) is 0 Å². The molecule has 1 aliphatic heterocycles. The van der Waals surface area contributed by atoms with Gasteiger partial charge in [0.05, 0.1) is 10.4 Å². The molecular formula is C16H19BrN2O5S2. The molecule has 2 aromatic heterocycles. The fourth-order valence-corrected chi connectivity index (χ4v) is 5.54. The van der Waals surface area contributed by atoms with E-state index in [0.29, 0.717) is 26.2 Å². The summed E-state index contributed by atoms with van der Waals surface area (Å²) < 4.78 is 37.9. The first kappa shape index (κ1) is 19.6. The number of thiophene rings is 1. The molecule has 3 rings (SSSR count). The second-order valence-corrected chi connectivity index (χ2v) is 10.1. The lowest BCUT2D eigenvalue weighted by molar-refractivity contribution is 0.0483. The standard InChI is InChI=1S/C16H19BrN2O5S2/c1-2-23-16(20)13-4-6-15(24-13)26(21,22)19-9-7-18(8-10-19)11-12-3-5-14(17)25-12/h3-6H,2,7-11H2,1H3. The fourth-order valence-electron chi connectivity index (χ4n) is 2.68. The van der Waals surface area contributed by atoms with Crippen molar-refractivity contribution in [2.75, 3.05) is 32.8 Å². The molecule has 2 aromatic rings. The van der Waals surface area contributed by atoms with Crippen LogP contribution in [0.4, 0.5) is 0 Å². The minimum atomic E-state index is -3.75. The Morgan fingerprint density at radius 3 is 2.58 bits per heavy atom. The van der Waals surface area contributed by atoms with Crippen molar-refractivity contribution in [1.82, 2.24) is 9.21 Å². The van der Waals surface area contributed by atoms with Crippen molar-refractivity contribution in [3.05, 3.63) is 38.7 Å². The van der Waals surface area contributed by atoms with Gasteiger partial charge in [-0.1, -0.05) is 0 Å². The van der Waals surface area contributed by atoms with Crippen LogP contribution in [0.15, 0.2) is 37.6 Å². The van der Waals surface area contributed by atoms with Crippen molar-refractivity contribution in [2.45, 2.75) is 18.6 Å². The van der Waals surface area contributed by atoms with Crippen molar-refractivity contribution >= 4 is 43.3 Å². The Hall–Kier alpha value is -1.20. The molecule has 3 heterocycles. The lowest BCUT2D eigenvalue weighted by Crippen LogP contribution is -2.48. The Morgan fingerprint density at radius 2 is 1.96 bits per heavy atom.